The van der Waals surface area contributed by atoms with Gasteiger partial charge in [0.15, 0.2) is 0 Å². The lowest BCUT2D eigenvalue weighted by Gasteiger charge is -2.24. The first-order valence-electron chi connectivity index (χ1n) is 10.4. The molecule has 0 fully saturated rings. The quantitative estimate of drug-likeness (QED) is 0.375. The maximum absolute atomic E-state index is 13.3. The second-order valence-electron chi connectivity index (χ2n) is 7.48. The van der Waals surface area contributed by atoms with E-state index in [0.29, 0.717) is 43.0 Å². The highest BCUT2D eigenvalue weighted by atomic mass is 31.2. The van der Waals surface area contributed by atoms with E-state index in [2.05, 4.69) is 12.1 Å². The zero-order valence-corrected chi connectivity index (χ0v) is 19.3. The van der Waals surface area contributed by atoms with Gasteiger partial charge in [0.25, 0.3) is 5.91 Å². The van der Waals surface area contributed by atoms with Gasteiger partial charge in [-0.05, 0) is 50.3 Å². The normalized spacial score (nSPS) is 11.3. The molecular weight excluding hydrogens is 417 g/mol. The van der Waals surface area contributed by atoms with Crippen molar-refractivity contribution in [2.45, 2.75) is 32.6 Å². The van der Waals surface area contributed by atoms with Crippen LogP contribution < -0.4 is 9.47 Å². The number of rotatable bonds is 12. The molecule has 7 nitrogen and oxygen atoms in total. The van der Waals surface area contributed by atoms with E-state index < -0.39 is 7.60 Å². The molecule has 2 N–H and O–H groups in total. The third-order valence-corrected chi connectivity index (χ3v) is 6.05. The van der Waals surface area contributed by atoms with Gasteiger partial charge < -0.3 is 24.2 Å². The molecule has 0 saturated heterocycles. The molecule has 31 heavy (non-hydrogen) atoms. The fraction of sp³-hybridized carbons (Fsp3) is 0.435. The first kappa shape index (κ1) is 24.9. The van der Waals surface area contributed by atoms with Gasteiger partial charge in [0.2, 0.25) is 0 Å². The van der Waals surface area contributed by atoms with Gasteiger partial charge in [-0.25, -0.2) is 0 Å². The molecule has 0 aliphatic heterocycles. The molecule has 0 unspecified atom stereocenters. The van der Waals surface area contributed by atoms with Crippen LogP contribution in [0.15, 0.2) is 42.5 Å². The number of carbonyl (C=O) groups excluding carboxylic acids is 1. The fourth-order valence-electron chi connectivity index (χ4n) is 3.45. The SMILES string of the molecule is COc1cc(C(=O)N(CCCCP(=O)(O)O)CCCc2ccccc2)cc(OC)c1C. The summed E-state index contributed by atoms with van der Waals surface area (Å²) >= 11 is 0. The number of hydrogen-bond acceptors (Lipinski definition) is 4. The van der Waals surface area contributed by atoms with E-state index in [1.807, 2.05) is 25.1 Å². The van der Waals surface area contributed by atoms with Crippen LogP contribution in [0.1, 0.15) is 40.7 Å². The van der Waals surface area contributed by atoms with Crippen molar-refractivity contribution in [3.05, 3.63) is 59.2 Å². The van der Waals surface area contributed by atoms with Crippen molar-refractivity contribution in [3.63, 3.8) is 0 Å². The number of unbranched alkanes of at least 4 members (excludes halogenated alkanes) is 1. The highest BCUT2D eigenvalue weighted by Crippen LogP contribution is 2.35. The molecule has 0 aromatic heterocycles. The molecule has 0 saturated carbocycles. The van der Waals surface area contributed by atoms with Crippen molar-refractivity contribution >= 4 is 13.5 Å². The number of benzene rings is 2. The Hall–Kier alpha value is -2.34. The zero-order chi connectivity index (χ0) is 22.9. The largest absolute Gasteiger partial charge is 0.496 e. The third-order valence-electron chi connectivity index (χ3n) is 5.15. The van der Waals surface area contributed by atoms with Gasteiger partial charge in [-0.3, -0.25) is 9.36 Å². The number of hydrogen-bond donors (Lipinski definition) is 2. The Morgan fingerprint density at radius 1 is 0.968 bits per heavy atom. The van der Waals surface area contributed by atoms with Gasteiger partial charge >= 0.3 is 7.60 Å². The van der Waals surface area contributed by atoms with Gasteiger partial charge in [0.05, 0.1) is 14.2 Å². The first-order chi connectivity index (χ1) is 14.7. The summed E-state index contributed by atoms with van der Waals surface area (Å²) in [5.41, 5.74) is 2.49. The number of ether oxygens (including phenoxy) is 2. The Bertz CT molecular complexity index is 871. The molecule has 0 aliphatic carbocycles. The minimum Gasteiger partial charge on any atom is -0.496 e. The summed E-state index contributed by atoms with van der Waals surface area (Å²) < 4.78 is 21.9. The molecule has 170 valence electrons. The van der Waals surface area contributed by atoms with E-state index in [0.717, 1.165) is 18.4 Å². The van der Waals surface area contributed by atoms with Crippen LogP contribution in [0.5, 0.6) is 11.5 Å². The van der Waals surface area contributed by atoms with Crippen LogP contribution in [0, 0.1) is 6.92 Å². The van der Waals surface area contributed by atoms with Gasteiger partial charge in [-0.2, -0.15) is 0 Å². The molecule has 0 spiro atoms. The molecule has 0 aliphatic rings. The molecule has 8 heteroatoms. The average Bonchev–Trinajstić information content (AvgIpc) is 2.75. The lowest BCUT2D eigenvalue weighted by Crippen LogP contribution is -2.33. The fourth-order valence-corrected chi connectivity index (χ4v) is 4.08. The Labute approximate surface area is 184 Å². The maximum Gasteiger partial charge on any atom is 0.325 e. The van der Waals surface area contributed by atoms with Crippen molar-refractivity contribution in [3.8, 4) is 11.5 Å². The lowest BCUT2D eigenvalue weighted by molar-refractivity contribution is 0.0750. The van der Waals surface area contributed by atoms with Gasteiger partial charge in [-0.1, -0.05) is 30.3 Å². The molecule has 0 radical (unpaired) electrons. The molecule has 2 rings (SSSR count). The zero-order valence-electron chi connectivity index (χ0n) is 18.4. The molecule has 2 aromatic carbocycles. The van der Waals surface area contributed by atoms with Crippen molar-refractivity contribution < 1.29 is 28.6 Å². The van der Waals surface area contributed by atoms with Crippen LogP contribution in [-0.2, 0) is 11.0 Å². The predicted octanol–water partition coefficient (Wildman–Crippen LogP) is 4.05. The molecule has 0 bridgehead atoms. The number of methoxy groups -OCH3 is 2. The van der Waals surface area contributed by atoms with E-state index in [1.165, 1.54) is 5.56 Å². The molecular formula is C23H32NO6P. The molecule has 0 atom stereocenters. The van der Waals surface area contributed by atoms with Crippen LogP contribution in [0.25, 0.3) is 0 Å². The summed E-state index contributed by atoms with van der Waals surface area (Å²) in [4.78, 5) is 33.2. The minimum absolute atomic E-state index is 0.152. The summed E-state index contributed by atoms with van der Waals surface area (Å²) in [6.45, 7) is 2.83. The van der Waals surface area contributed by atoms with E-state index in [9.17, 15) is 9.36 Å². The van der Waals surface area contributed by atoms with Crippen LogP contribution in [0.3, 0.4) is 0 Å². The Morgan fingerprint density at radius 3 is 2.10 bits per heavy atom. The third kappa shape index (κ3) is 8.02. The van der Waals surface area contributed by atoms with Crippen LogP contribution in [0.2, 0.25) is 0 Å². The van der Waals surface area contributed by atoms with E-state index in [4.69, 9.17) is 19.3 Å². The molecule has 2 aromatic rings. The smallest absolute Gasteiger partial charge is 0.325 e. The summed E-state index contributed by atoms with van der Waals surface area (Å²) in [6.07, 6.45) is 2.32. The standard InChI is InChI=1S/C23H32NO6P/c1-18-21(29-2)16-20(17-22(18)30-3)23(25)24(13-7-8-15-31(26,27)28)14-9-12-19-10-5-4-6-11-19/h4-6,10-11,16-17H,7-9,12-15H2,1-3H3,(H2,26,27,28). The Balaban J connectivity index is 2.13. The highest BCUT2D eigenvalue weighted by Gasteiger charge is 2.20. The Kier molecular flexibility index (Phi) is 9.56. The number of carbonyl (C=O) groups is 1. The molecule has 0 heterocycles. The highest BCUT2D eigenvalue weighted by molar-refractivity contribution is 7.51. The topological polar surface area (TPSA) is 96.3 Å². The van der Waals surface area contributed by atoms with E-state index in [-0.39, 0.29) is 12.1 Å². The van der Waals surface area contributed by atoms with Crippen molar-refractivity contribution in [1.82, 2.24) is 4.90 Å². The van der Waals surface area contributed by atoms with Crippen LogP contribution >= 0.6 is 7.60 Å². The predicted molar refractivity (Wildman–Crippen MR) is 121 cm³/mol. The monoisotopic (exact) mass is 449 g/mol. The number of aryl methyl sites for hydroxylation is 1. The number of amides is 1. The van der Waals surface area contributed by atoms with Gasteiger partial charge in [0.1, 0.15) is 11.5 Å². The number of nitrogens with zero attached hydrogens (tertiary/aromatic N) is 1. The van der Waals surface area contributed by atoms with Crippen molar-refractivity contribution in [2.75, 3.05) is 33.5 Å². The first-order valence-corrected chi connectivity index (χ1v) is 12.2. The Morgan fingerprint density at radius 2 is 1.55 bits per heavy atom. The average molecular weight is 449 g/mol. The maximum atomic E-state index is 13.3. The molecule has 1 amide bonds. The van der Waals surface area contributed by atoms with Crippen LogP contribution in [-0.4, -0.2) is 54.1 Å². The van der Waals surface area contributed by atoms with Gasteiger partial charge in [0, 0.05) is 30.4 Å². The lowest BCUT2D eigenvalue weighted by atomic mass is 10.1. The summed E-state index contributed by atoms with van der Waals surface area (Å²) in [7, 11) is -0.929. The van der Waals surface area contributed by atoms with Crippen molar-refractivity contribution in [1.29, 1.82) is 0 Å². The summed E-state index contributed by atoms with van der Waals surface area (Å²) in [5, 5.41) is 0. The van der Waals surface area contributed by atoms with Crippen LogP contribution in [0.4, 0.5) is 0 Å². The van der Waals surface area contributed by atoms with Crippen molar-refractivity contribution in [2.24, 2.45) is 0 Å². The summed E-state index contributed by atoms with van der Waals surface area (Å²) in [6, 6.07) is 13.5. The van der Waals surface area contributed by atoms with Gasteiger partial charge in [-0.15, -0.1) is 0 Å². The summed E-state index contributed by atoms with van der Waals surface area (Å²) in [5.74, 6) is 1.00. The minimum atomic E-state index is -4.03. The van der Waals surface area contributed by atoms with E-state index in [1.54, 1.807) is 31.3 Å². The second-order valence-corrected chi connectivity index (χ2v) is 9.26. The van der Waals surface area contributed by atoms with E-state index >= 15 is 0 Å². The second kappa shape index (κ2) is 11.9.